The molecule has 3 rings (SSSR count). The molecule has 0 bridgehead atoms. The van der Waals surface area contributed by atoms with Gasteiger partial charge in [-0.1, -0.05) is 42.5 Å². The van der Waals surface area contributed by atoms with Crippen molar-refractivity contribution in [3.8, 4) is 0 Å². The van der Waals surface area contributed by atoms with Crippen LogP contribution >= 0.6 is 0 Å². The van der Waals surface area contributed by atoms with Crippen LogP contribution in [0.5, 0.6) is 0 Å². The molecule has 1 aromatic heterocycles. The topological polar surface area (TPSA) is 25.2 Å². The van der Waals surface area contributed by atoms with Crippen LogP contribution in [-0.2, 0) is 0 Å². The number of furan rings is 1. The lowest BCUT2D eigenvalue weighted by molar-refractivity contribution is 0.499. The van der Waals surface area contributed by atoms with Crippen LogP contribution in [0.15, 0.2) is 71.3 Å². The van der Waals surface area contributed by atoms with E-state index in [0.717, 1.165) is 11.4 Å². The second-order valence-corrected chi connectivity index (χ2v) is 5.25. The average molecular weight is 277 g/mol. The number of aryl methyl sites for hydroxylation is 1. The quantitative estimate of drug-likeness (QED) is 0.718. The van der Waals surface area contributed by atoms with E-state index in [4.69, 9.17) is 4.42 Å². The Balaban J connectivity index is 1.99. The summed E-state index contributed by atoms with van der Waals surface area (Å²) < 4.78 is 5.63. The predicted molar refractivity (Wildman–Crippen MR) is 86.5 cm³/mol. The summed E-state index contributed by atoms with van der Waals surface area (Å²) in [5.41, 5.74) is 4.88. The van der Waals surface area contributed by atoms with Crippen molar-refractivity contribution in [1.29, 1.82) is 0 Å². The minimum absolute atomic E-state index is 0.0155. The SMILES string of the molecule is Cc1cccc(NC(c2ccccc2)c2ccco2)c1C. The summed E-state index contributed by atoms with van der Waals surface area (Å²) >= 11 is 0. The van der Waals surface area contributed by atoms with E-state index in [1.807, 2.05) is 18.2 Å². The molecule has 1 N–H and O–H groups in total. The van der Waals surface area contributed by atoms with E-state index in [1.165, 1.54) is 16.7 Å². The van der Waals surface area contributed by atoms with Gasteiger partial charge in [0, 0.05) is 5.69 Å². The zero-order valence-corrected chi connectivity index (χ0v) is 12.3. The summed E-state index contributed by atoms with van der Waals surface area (Å²) in [5.74, 6) is 0.919. The first-order chi connectivity index (χ1) is 10.3. The molecule has 2 heteroatoms. The predicted octanol–water partition coefficient (Wildman–Crippen LogP) is 5.10. The minimum Gasteiger partial charge on any atom is -0.467 e. The molecule has 106 valence electrons. The zero-order chi connectivity index (χ0) is 14.7. The molecule has 0 saturated heterocycles. The van der Waals surface area contributed by atoms with Crippen LogP contribution < -0.4 is 5.32 Å². The van der Waals surface area contributed by atoms with Crippen molar-refractivity contribution in [3.05, 3.63) is 89.4 Å². The van der Waals surface area contributed by atoms with Crippen molar-refractivity contribution in [2.24, 2.45) is 0 Å². The summed E-state index contributed by atoms with van der Waals surface area (Å²) in [7, 11) is 0. The van der Waals surface area contributed by atoms with Gasteiger partial charge in [0.1, 0.15) is 11.8 Å². The lowest BCUT2D eigenvalue weighted by atomic mass is 10.0. The fourth-order valence-corrected chi connectivity index (χ4v) is 2.48. The number of rotatable bonds is 4. The van der Waals surface area contributed by atoms with Crippen molar-refractivity contribution in [3.63, 3.8) is 0 Å². The maximum Gasteiger partial charge on any atom is 0.130 e. The summed E-state index contributed by atoms with van der Waals surface area (Å²) in [6, 6.07) is 20.6. The Morgan fingerprint density at radius 1 is 0.857 bits per heavy atom. The third kappa shape index (κ3) is 2.84. The first kappa shape index (κ1) is 13.5. The smallest absolute Gasteiger partial charge is 0.130 e. The molecule has 0 spiro atoms. The van der Waals surface area contributed by atoms with Crippen molar-refractivity contribution in [1.82, 2.24) is 0 Å². The van der Waals surface area contributed by atoms with Crippen LogP contribution in [-0.4, -0.2) is 0 Å². The molecule has 0 aliphatic carbocycles. The van der Waals surface area contributed by atoms with Gasteiger partial charge in [-0.2, -0.15) is 0 Å². The van der Waals surface area contributed by atoms with Gasteiger partial charge in [0.25, 0.3) is 0 Å². The molecule has 2 nitrogen and oxygen atoms in total. The summed E-state index contributed by atoms with van der Waals surface area (Å²) in [6.45, 7) is 4.27. The maximum absolute atomic E-state index is 5.63. The fraction of sp³-hybridized carbons (Fsp3) is 0.158. The molecule has 1 heterocycles. The van der Waals surface area contributed by atoms with Crippen LogP contribution in [0, 0.1) is 13.8 Å². The second-order valence-electron chi connectivity index (χ2n) is 5.25. The maximum atomic E-state index is 5.63. The third-order valence-corrected chi connectivity index (χ3v) is 3.87. The molecule has 0 radical (unpaired) electrons. The highest BCUT2D eigenvalue weighted by Crippen LogP contribution is 2.29. The van der Waals surface area contributed by atoms with Gasteiger partial charge in [0.2, 0.25) is 0 Å². The summed E-state index contributed by atoms with van der Waals surface area (Å²) in [6.07, 6.45) is 1.72. The van der Waals surface area contributed by atoms with Gasteiger partial charge in [-0.3, -0.25) is 0 Å². The first-order valence-corrected chi connectivity index (χ1v) is 7.17. The van der Waals surface area contributed by atoms with Crippen LogP contribution in [0.1, 0.15) is 28.5 Å². The number of benzene rings is 2. The molecular weight excluding hydrogens is 258 g/mol. The Hall–Kier alpha value is -2.48. The average Bonchev–Trinajstić information content (AvgIpc) is 3.04. The Bertz CT molecular complexity index is 702. The van der Waals surface area contributed by atoms with Gasteiger partial charge in [-0.25, -0.2) is 0 Å². The molecule has 0 aliphatic heterocycles. The van der Waals surface area contributed by atoms with E-state index in [-0.39, 0.29) is 6.04 Å². The monoisotopic (exact) mass is 277 g/mol. The summed E-state index contributed by atoms with van der Waals surface area (Å²) in [5, 5.41) is 3.61. The van der Waals surface area contributed by atoms with Crippen molar-refractivity contribution >= 4 is 5.69 Å². The van der Waals surface area contributed by atoms with Crippen LogP contribution in [0.25, 0.3) is 0 Å². The Morgan fingerprint density at radius 3 is 2.38 bits per heavy atom. The lowest BCUT2D eigenvalue weighted by Gasteiger charge is -2.20. The van der Waals surface area contributed by atoms with Gasteiger partial charge in [0.05, 0.1) is 6.26 Å². The second kappa shape index (κ2) is 5.88. The fourth-order valence-electron chi connectivity index (χ4n) is 2.48. The van der Waals surface area contributed by atoms with Crippen LogP contribution in [0.4, 0.5) is 5.69 Å². The Kier molecular flexibility index (Phi) is 3.78. The Morgan fingerprint density at radius 2 is 1.67 bits per heavy atom. The van der Waals surface area contributed by atoms with Gasteiger partial charge in [0.15, 0.2) is 0 Å². The van der Waals surface area contributed by atoms with Gasteiger partial charge in [-0.15, -0.1) is 0 Å². The van der Waals surface area contributed by atoms with E-state index in [9.17, 15) is 0 Å². The van der Waals surface area contributed by atoms with E-state index in [1.54, 1.807) is 6.26 Å². The van der Waals surface area contributed by atoms with E-state index >= 15 is 0 Å². The zero-order valence-electron chi connectivity index (χ0n) is 12.3. The number of hydrogen-bond acceptors (Lipinski definition) is 2. The van der Waals surface area contributed by atoms with Crippen LogP contribution in [0.3, 0.4) is 0 Å². The molecule has 0 aliphatic rings. The number of nitrogens with one attached hydrogen (secondary N) is 1. The van der Waals surface area contributed by atoms with Crippen molar-refractivity contribution in [2.75, 3.05) is 5.32 Å². The highest BCUT2D eigenvalue weighted by atomic mass is 16.3. The van der Waals surface area contributed by atoms with E-state index < -0.39 is 0 Å². The van der Waals surface area contributed by atoms with E-state index in [0.29, 0.717) is 0 Å². The molecule has 21 heavy (non-hydrogen) atoms. The molecule has 3 aromatic rings. The number of hydrogen-bond donors (Lipinski definition) is 1. The molecular formula is C19H19NO. The largest absolute Gasteiger partial charge is 0.467 e. The van der Waals surface area contributed by atoms with Crippen LogP contribution in [0.2, 0.25) is 0 Å². The number of anilines is 1. The molecule has 0 saturated carbocycles. The van der Waals surface area contributed by atoms with Crippen molar-refractivity contribution < 1.29 is 4.42 Å². The Labute approximate surface area is 125 Å². The first-order valence-electron chi connectivity index (χ1n) is 7.17. The van der Waals surface area contributed by atoms with Gasteiger partial charge in [-0.05, 0) is 48.7 Å². The standard InChI is InChI=1S/C19H19NO/c1-14-8-6-11-17(15(14)2)20-19(18-12-7-13-21-18)16-9-4-3-5-10-16/h3-13,19-20H,1-2H3. The molecule has 0 fully saturated rings. The van der Waals surface area contributed by atoms with Crippen molar-refractivity contribution in [2.45, 2.75) is 19.9 Å². The highest BCUT2D eigenvalue weighted by molar-refractivity contribution is 5.56. The molecule has 1 atom stereocenters. The minimum atomic E-state index is 0.0155. The third-order valence-electron chi connectivity index (χ3n) is 3.87. The normalized spacial score (nSPS) is 12.1. The molecule has 1 unspecified atom stereocenters. The highest BCUT2D eigenvalue weighted by Gasteiger charge is 2.17. The van der Waals surface area contributed by atoms with Gasteiger partial charge < -0.3 is 9.73 Å². The lowest BCUT2D eigenvalue weighted by Crippen LogP contribution is -2.12. The van der Waals surface area contributed by atoms with Gasteiger partial charge >= 0.3 is 0 Å². The van der Waals surface area contributed by atoms with E-state index in [2.05, 4.69) is 61.6 Å². The molecule has 0 amide bonds. The summed E-state index contributed by atoms with van der Waals surface area (Å²) in [4.78, 5) is 0. The molecule has 2 aromatic carbocycles.